The van der Waals surface area contributed by atoms with Gasteiger partial charge in [0.05, 0.1) is 0 Å². The van der Waals surface area contributed by atoms with Crippen LogP contribution >= 0.6 is 0 Å². The number of hydrogen-bond acceptors (Lipinski definition) is 2. The molecule has 0 aliphatic carbocycles. The van der Waals surface area contributed by atoms with Crippen molar-refractivity contribution in [1.29, 1.82) is 0 Å². The number of rotatable bonds is 4. The molecule has 0 unspecified atom stereocenters. The van der Waals surface area contributed by atoms with E-state index in [2.05, 4.69) is 23.8 Å². The van der Waals surface area contributed by atoms with E-state index in [0.717, 1.165) is 24.4 Å². The summed E-state index contributed by atoms with van der Waals surface area (Å²) in [5.74, 6) is 1.73. The predicted octanol–water partition coefficient (Wildman–Crippen LogP) is 1.11. The molecule has 1 aromatic rings. The molecule has 0 spiro atoms. The average molecular weight is 167 g/mol. The van der Waals surface area contributed by atoms with Crippen LogP contribution in [0.3, 0.4) is 0 Å². The van der Waals surface area contributed by atoms with Crippen LogP contribution in [0.15, 0.2) is 6.20 Å². The molecule has 0 amide bonds. The lowest BCUT2D eigenvalue weighted by Gasteiger charge is -1.99. The Kier molecular flexibility index (Phi) is 3.29. The van der Waals surface area contributed by atoms with Gasteiger partial charge in [-0.15, -0.1) is 0 Å². The van der Waals surface area contributed by atoms with Gasteiger partial charge in [-0.25, -0.2) is 4.98 Å². The average Bonchev–Trinajstić information content (AvgIpc) is 2.36. The van der Waals surface area contributed by atoms with Crippen LogP contribution in [0.1, 0.15) is 25.4 Å². The predicted molar refractivity (Wildman–Crippen MR) is 49.9 cm³/mol. The van der Waals surface area contributed by atoms with Gasteiger partial charge in [0.2, 0.25) is 0 Å². The third kappa shape index (κ3) is 2.66. The largest absolute Gasteiger partial charge is 0.346 e. The third-order valence-corrected chi connectivity index (χ3v) is 1.70. The SMILES string of the molecule is CC(C)Cc1ncc(CCN)[nH]1. The molecular formula is C9H17N3. The Morgan fingerprint density at radius 2 is 2.33 bits per heavy atom. The van der Waals surface area contributed by atoms with E-state index in [4.69, 9.17) is 5.73 Å². The molecule has 68 valence electrons. The van der Waals surface area contributed by atoms with Crippen LogP contribution in [0.25, 0.3) is 0 Å². The van der Waals surface area contributed by atoms with E-state index in [1.54, 1.807) is 0 Å². The molecule has 0 aromatic carbocycles. The first kappa shape index (κ1) is 9.26. The minimum absolute atomic E-state index is 0.655. The van der Waals surface area contributed by atoms with Crippen LogP contribution in [0.2, 0.25) is 0 Å². The number of imidazole rings is 1. The maximum atomic E-state index is 5.42. The summed E-state index contributed by atoms with van der Waals surface area (Å²) in [7, 11) is 0. The highest BCUT2D eigenvalue weighted by Gasteiger charge is 2.01. The number of nitrogens with zero attached hydrogens (tertiary/aromatic N) is 1. The van der Waals surface area contributed by atoms with Crippen LogP contribution in [0, 0.1) is 5.92 Å². The fourth-order valence-corrected chi connectivity index (χ4v) is 1.18. The van der Waals surface area contributed by atoms with Gasteiger partial charge in [0.25, 0.3) is 0 Å². The smallest absolute Gasteiger partial charge is 0.106 e. The van der Waals surface area contributed by atoms with Crippen LogP contribution in [0.4, 0.5) is 0 Å². The Bertz CT molecular complexity index is 227. The molecule has 0 aliphatic heterocycles. The molecule has 0 atom stereocenters. The van der Waals surface area contributed by atoms with E-state index >= 15 is 0 Å². The normalized spacial score (nSPS) is 11.0. The summed E-state index contributed by atoms with van der Waals surface area (Å²) < 4.78 is 0. The highest BCUT2D eigenvalue weighted by Crippen LogP contribution is 2.04. The second-order valence-corrected chi connectivity index (χ2v) is 3.49. The number of aromatic nitrogens is 2. The molecule has 0 radical (unpaired) electrons. The molecule has 1 aromatic heterocycles. The van der Waals surface area contributed by atoms with Gasteiger partial charge in [-0.2, -0.15) is 0 Å². The Balaban J connectivity index is 2.52. The Hall–Kier alpha value is -0.830. The molecule has 0 saturated heterocycles. The van der Waals surface area contributed by atoms with Crippen molar-refractivity contribution < 1.29 is 0 Å². The van der Waals surface area contributed by atoms with E-state index in [1.807, 2.05) is 6.20 Å². The summed E-state index contributed by atoms with van der Waals surface area (Å²) in [6, 6.07) is 0. The van der Waals surface area contributed by atoms with Gasteiger partial charge >= 0.3 is 0 Å². The van der Waals surface area contributed by atoms with Gasteiger partial charge in [-0.3, -0.25) is 0 Å². The molecule has 3 N–H and O–H groups in total. The molecular weight excluding hydrogens is 150 g/mol. The number of nitrogens with two attached hydrogens (primary N) is 1. The maximum absolute atomic E-state index is 5.42. The van der Waals surface area contributed by atoms with Crippen molar-refractivity contribution in [2.24, 2.45) is 11.7 Å². The molecule has 0 aliphatic rings. The van der Waals surface area contributed by atoms with Crippen molar-refractivity contribution in [3.8, 4) is 0 Å². The zero-order chi connectivity index (χ0) is 8.97. The summed E-state index contributed by atoms with van der Waals surface area (Å²) in [6.07, 6.45) is 3.79. The molecule has 1 heterocycles. The second kappa shape index (κ2) is 4.26. The standard InChI is InChI=1S/C9H17N3/c1-7(2)5-9-11-6-8(12-9)3-4-10/h6-7H,3-5,10H2,1-2H3,(H,11,12). The Labute approximate surface area is 73.4 Å². The van der Waals surface area contributed by atoms with Gasteiger partial charge in [0.15, 0.2) is 0 Å². The second-order valence-electron chi connectivity index (χ2n) is 3.49. The summed E-state index contributed by atoms with van der Waals surface area (Å²) in [4.78, 5) is 7.52. The van der Waals surface area contributed by atoms with Crippen molar-refractivity contribution in [2.45, 2.75) is 26.7 Å². The molecule has 3 nitrogen and oxygen atoms in total. The van der Waals surface area contributed by atoms with E-state index in [0.29, 0.717) is 12.5 Å². The number of nitrogens with one attached hydrogen (secondary N) is 1. The van der Waals surface area contributed by atoms with Crippen LogP contribution < -0.4 is 5.73 Å². The van der Waals surface area contributed by atoms with Crippen molar-refractivity contribution >= 4 is 0 Å². The lowest BCUT2D eigenvalue weighted by atomic mass is 10.1. The first-order valence-electron chi connectivity index (χ1n) is 4.45. The van der Waals surface area contributed by atoms with Gasteiger partial charge in [-0.1, -0.05) is 13.8 Å². The van der Waals surface area contributed by atoms with Crippen LogP contribution in [-0.2, 0) is 12.8 Å². The zero-order valence-corrected chi connectivity index (χ0v) is 7.80. The number of hydrogen-bond donors (Lipinski definition) is 2. The van der Waals surface area contributed by atoms with Gasteiger partial charge in [-0.05, 0) is 12.5 Å². The highest BCUT2D eigenvalue weighted by molar-refractivity contribution is 5.02. The monoisotopic (exact) mass is 167 g/mol. The lowest BCUT2D eigenvalue weighted by molar-refractivity contribution is 0.624. The molecule has 0 fully saturated rings. The van der Waals surface area contributed by atoms with E-state index < -0.39 is 0 Å². The number of H-pyrrole nitrogens is 1. The molecule has 0 bridgehead atoms. The first-order chi connectivity index (χ1) is 5.72. The first-order valence-corrected chi connectivity index (χ1v) is 4.45. The fraction of sp³-hybridized carbons (Fsp3) is 0.667. The summed E-state index contributed by atoms with van der Waals surface area (Å²) in [5.41, 5.74) is 6.57. The van der Waals surface area contributed by atoms with Gasteiger partial charge in [0.1, 0.15) is 5.82 Å². The zero-order valence-electron chi connectivity index (χ0n) is 7.80. The minimum Gasteiger partial charge on any atom is -0.346 e. The maximum Gasteiger partial charge on any atom is 0.106 e. The number of aromatic amines is 1. The Morgan fingerprint density at radius 3 is 2.92 bits per heavy atom. The molecule has 1 rings (SSSR count). The Morgan fingerprint density at radius 1 is 1.58 bits per heavy atom. The topological polar surface area (TPSA) is 54.7 Å². The summed E-state index contributed by atoms with van der Waals surface area (Å²) in [6.45, 7) is 5.06. The van der Waals surface area contributed by atoms with E-state index in [9.17, 15) is 0 Å². The highest BCUT2D eigenvalue weighted by atomic mass is 14.9. The van der Waals surface area contributed by atoms with E-state index in [1.165, 1.54) is 0 Å². The lowest BCUT2D eigenvalue weighted by Crippen LogP contribution is -2.03. The van der Waals surface area contributed by atoms with Crippen molar-refractivity contribution in [3.63, 3.8) is 0 Å². The molecule has 0 saturated carbocycles. The van der Waals surface area contributed by atoms with Crippen LogP contribution in [0.5, 0.6) is 0 Å². The van der Waals surface area contributed by atoms with Crippen molar-refractivity contribution in [1.82, 2.24) is 9.97 Å². The van der Waals surface area contributed by atoms with Crippen molar-refractivity contribution in [3.05, 3.63) is 17.7 Å². The third-order valence-electron chi connectivity index (χ3n) is 1.70. The van der Waals surface area contributed by atoms with Gasteiger partial charge < -0.3 is 10.7 Å². The van der Waals surface area contributed by atoms with Crippen molar-refractivity contribution in [2.75, 3.05) is 6.54 Å². The van der Waals surface area contributed by atoms with Crippen LogP contribution in [-0.4, -0.2) is 16.5 Å². The fourth-order valence-electron chi connectivity index (χ4n) is 1.18. The summed E-state index contributed by atoms with van der Waals surface area (Å²) >= 11 is 0. The molecule has 12 heavy (non-hydrogen) atoms. The molecule has 3 heteroatoms. The van der Waals surface area contributed by atoms with E-state index in [-0.39, 0.29) is 0 Å². The minimum atomic E-state index is 0.655. The quantitative estimate of drug-likeness (QED) is 0.705. The van der Waals surface area contributed by atoms with Gasteiger partial charge in [0, 0.05) is 24.7 Å². The summed E-state index contributed by atoms with van der Waals surface area (Å²) in [5, 5.41) is 0.